The summed E-state index contributed by atoms with van der Waals surface area (Å²) in [6.45, 7) is 20.2. The lowest BCUT2D eigenvalue weighted by atomic mass is 10.0. The van der Waals surface area contributed by atoms with Gasteiger partial charge in [-0.3, -0.25) is 0 Å². The molecule has 4 rings (SSSR count). The van der Waals surface area contributed by atoms with Crippen molar-refractivity contribution < 1.29 is 0 Å². The van der Waals surface area contributed by atoms with Gasteiger partial charge in [-0.1, -0.05) is 143 Å². The number of hydrogen-bond acceptors (Lipinski definition) is 2. The molecule has 0 spiro atoms. The Balaban J connectivity index is -0.000000508. The molecule has 2 N–H and O–H groups in total. The Hall–Kier alpha value is -1.89. The molecule has 0 fully saturated rings. The number of alkyl halides is 1. The van der Waals surface area contributed by atoms with E-state index in [1.54, 1.807) is 0 Å². The van der Waals surface area contributed by atoms with Crippen LogP contribution in [0, 0.1) is 13.8 Å². The van der Waals surface area contributed by atoms with Gasteiger partial charge in [0.2, 0.25) is 0 Å². The van der Waals surface area contributed by atoms with Crippen LogP contribution in [0.3, 0.4) is 0 Å². The van der Waals surface area contributed by atoms with Crippen LogP contribution in [0.2, 0.25) is 0 Å². The molecule has 42 heavy (non-hydrogen) atoms. The van der Waals surface area contributed by atoms with Crippen LogP contribution in [0.4, 0.5) is 11.4 Å². The molecule has 234 valence electrons. The van der Waals surface area contributed by atoms with Crippen LogP contribution in [0.15, 0.2) is 102 Å². The molecule has 0 heterocycles. The van der Waals surface area contributed by atoms with Crippen LogP contribution in [-0.2, 0) is 12.3 Å². The maximum Gasteiger partial charge on any atom is 0.0474 e. The van der Waals surface area contributed by atoms with E-state index in [2.05, 4.69) is 119 Å². The molecule has 0 radical (unpaired) electrons. The summed E-state index contributed by atoms with van der Waals surface area (Å²) < 4.78 is 1.14. The zero-order valence-corrected chi connectivity index (χ0v) is 32.2. The van der Waals surface area contributed by atoms with Gasteiger partial charge in [0, 0.05) is 21.7 Å². The van der Waals surface area contributed by atoms with Gasteiger partial charge < -0.3 is 10.2 Å². The fraction of sp³-hybridized carbons (Fsp3) is 0.333. The molecule has 0 aromatic heterocycles. The minimum atomic E-state index is 0.580. The zero-order chi connectivity index (χ0) is 32.8. The SMILES string of the molecule is CC.CC.CC.CC.Cc1ccc(Br)cc1.Cc1ccc(Cc2ccc(NP)cc2)cc1.PNc1ccc(CCl)cc1. The fourth-order valence-electron chi connectivity index (χ4n) is 2.88. The van der Waals surface area contributed by atoms with Crippen LogP contribution in [0.25, 0.3) is 0 Å². The van der Waals surface area contributed by atoms with Crippen LogP contribution in [-0.4, -0.2) is 0 Å². The standard InChI is InChI=1S/C14H16NP.C7H7Br.C7H9ClNP.4C2H6/c1-11-2-4-12(5-3-11)10-13-6-8-14(15-16)9-7-13;1-6-2-4-7(8)5-3-6;8-5-6-1-3-7(9-10)4-2-6;4*1-2/h2-9,15H,10,16H2,1H3;2-5H,1H3;1-4,9H,5,10H2;4*1-2H3. The van der Waals surface area contributed by atoms with Crippen LogP contribution >= 0.6 is 46.3 Å². The summed E-state index contributed by atoms with van der Waals surface area (Å²) in [5.74, 6) is 0.580. The van der Waals surface area contributed by atoms with Crippen molar-refractivity contribution in [1.29, 1.82) is 0 Å². The third-order valence-electron chi connectivity index (χ3n) is 4.94. The van der Waals surface area contributed by atoms with E-state index in [0.29, 0.717) is 5.88 Å². The summed E-state index contributed by atoms with van der Waals surface area (Å²) >= 11 is 8.94. The third-order valence-corrected chi connectivity index (χ3v) is 6.44. The summed E-state index contributed by atoms with van der Waals surface area (Å²) in [5.41, 5.74) is 8.66. The van der Waals surface area contributed by atoms with E-state index in [9.17, 15) is 0 Å². The molecule has 4 aromatic carbocycles. The Labute approximate surface area is 277 Å². The Kier molecular flexibility index (Phi) is 34.0. The smallest absolute Gasteiger partial charge is 0.0474 e. The van der Waals surface area contributed by atoms with Crippen LogP contribution < -0.4 is 10.2 Å². The molecule has 0 saturated carbocycles. The molecule has 0 amide bonds. The largest absolute Gasteiger partial charge is 0.369 e. The van der Waals surface area contributed by atoms with Gasteiger partial charge in [-0.2, -0.15) is 0 Å². The number of halogens is 2. The van der Waals surface area contributed by atoms with Gasteiger partial charge in [0.1, 0.15) is 0 Å². The quantitative estimate of drug-likeness (QED) is 0.161. The first-order chi connectivity index (χ1) is 20.4. The topological polar surface area (TPSA) is 24.1 Å². The second-order valence-electron chi connectivity index (χ2n) is 7.77. The lowest BCUT2D eigenvalue weighted by Crippen LogP contribution is -1.88. The molecule has 0 saturated heterocycles. The summed E-state index contributed by atoms with van der Waals surface area (Å²) in [6.07, 6.45) is 0.997. The fourth-order valence-corrected chi connectivity index (χ4v) is 3.71. The summed E-state index contributed by atoms with van der Waals surface area (Å²) in [5, 5.41) is 5.99. The van der Waals surface area contributed by atoms with Crippen molar-refractivity contribution in [3.8, 4) is 0 Å². The van der Waals surface area contributed by atoms with E-state index in [4.69, 9.17) is 11.6 Å². The van der Waals surface area contributed by atoms with Crippen molar-refractivity contribution in [2.75, 3.05) is 10.2 Å². The molecular weight excluding hydrogens is 638 g/mol. The zero-order valence-electron chi connectivity index (χ0n) is 27.6. The second-order valence-corrected chi connectivity index (χ2v) is 9.53. The lowest BCUT2D eigenvalue weighted by Gasteiger charge is -2.04. The minimum absolute atomic E-state index is 0.580. The van der Waals surface area contributed by atoms with Gasteiger partial charge >= 0.3 is 0 Å². The Morgan fingerprint density at radius 1 is 0.500 bits per heavy atom. The maximum atomic E-state index is 5.60. The predicted molar refractivity (Wildman–Crippen MR) is 207 cm³/mol. The van der Waals surface area contributed by atoms with Gasteiger partial charge in [0.25, 0.3) is 0 Å². The van der Waals surface area contributed by atoms with Crippen molar-refractivity contribution >= 4 is 57.7 Å². The van der Waals surface area contributed by atoms with E-state index >= 15 is 0 Å². The number of benzene rings is 4. The molecule has 2 nitrogen and oxygen atoms in total. The van der Waals surface area contributed by atoms with E-state index in [1.807, 2.05) is 91.8 Å². The third kappa shape index (κ3) is 22.7. The minimum Gasteiger partial charge on any atom is -0.369 e. The highest BCUT2D eigenvalue weighted by Gasteiger charge is 1.96. The molecule has 0 aliphatic rings. The Bertz CT molecular complexity index is 1040. The number of nitrogens with one attached hydrogen (secondary N) is 2. The molecule has 4 aromatic rings. The average molecular weight is 694 g/mol. The summed E-state index contributed by atoms with van der Waals surface area (Å²) in [7, 11) is 4.94. The predicted octanol–water partition coefficient (Wildman–Crippen LogP) is 13.3. The first-order valence-corrected chi connectivity index (χ1v) is 17.4. The Morgan fingerprint density at radius 2 is 0.786 bits per heavy atom. The monoisotopic (exact) mass is 692 g/mol. The molecule has 6 heteroatoms. The van der Waals surface area contributed by atoms with Gasteiger partial charge in [0.15, 0.2) is 0 Å². The van der Waals surface area contributed by atoms with E-state index in [1.165, 1.54) is 22.3 Å². The Morgan fingerprint density at radius 3 is 1.07 bits per heavy atom. The molecule has 2 atom stereocenters. The first-order valence-electron chi connectivity index (χ1n) is 14.9. The lowest BCUT2D eigenvalue weighted by molar-refractivity contribution is 1.19. The van der Waals surface area contributed by atoms with Crippen LogP contribution in [0.5, 0.6) is 0 Å². The molecular formula is C36H56BrClN2P2. The van der Waals surface area contributed by atoms with E-state index in [-0.39, 0.29) is 0 Å². The highest BCUT2D eigenvalue weighted by atomic mass is 79.9. The van der Waals surface area contributed by atoms with Crippen molar-refractivity contribution in [3.05, 3.63) is 129 Å². The number of rotatable bonds is 5. The van der Waals surface area contributed by atoms with Gasteiger partial charge in [-0.25, -0.2) is 0 Å². The summed E-state index contributed by atoms with van der Waals surface area (Å²) in [4.78, 5) is 0. The second kappa shape index (κ2) is 32.0. The number of aryl methyl sites for hydroxylation is 2. The summed E-state index contributed by atoms with van der Waals surface area (Å²) in [6, 6.07) is 33.4. The van der Waals surface area contributed by atoms with Crippen molar-refractivity contribution in [3.63, 3.8) is 0 Å². The van der Waals surface area contributed by atoms with E-state index in [0.717, 1.165) is 27.8 Å². The maximum absolute atomic E-state index is 5.60. The highest BCUT2D eigenvalue weighted by molar-refractivity contribution is 9.10. The highest BCUT2D eigenvalue weighted by Crippen LogP contribution is 2.15. The molecule has 0 bridgehead atoms. The van der Waals surface area contributed by atoms with Crippen molar-refractivity contribution in [1.82, 2.24) is 0 Å². The van der Waals surface area contributed by atoms with Crippen molar-refractivity contribution in [2.24, 2.45) is 0 Å². The van der Waals surface area contributed by atoms with Gasteiger partial charge in [-0.15, -0.1) is 11.6 Å². The first kappa shape index (κ1) is 44.5. The van der Waals surface area contributed by atoms with Gasteiger partial charge in [-0.05, 0) is 92.1 Å². The van der Waals surface area contributed by atoms with Crippen LogP contribution in [0.1, 0.15) is 83.2 Å². The molecule has 2 unspecified atom stereocenters. The molecule has 0 aliphatic carbocycles. The average Bonchev–Trinajstić information content (AvgIpc) is 3.08. The molecule has 0 aliphatic heterocycles. The normalized spacial score (nSPS) is 8.43. The van der Waals surface area contributed by atoms with Crippen molar-refractivity contribution in [2.45, 2.75) is 81.5 Å². The number of hydrogen-bond donors (Lipinski definition) is 2. The van der Waals surface area contributed by atoms with Gasteiger partial charge in [0.05, 0.1) is 0 Å². The van der Waals surface area contributed by atoms with E-state index < -0.39 is 0 Å². The number of anilines is 2.